The fourth-order valence-electron chi connectivity index (χ4n) is 4.02. The zero-order valence-corrected chi connectivity index (χ0v) is 19.7. The van der Waals surface area contributed by atoms with Gasteiger partial charge in [-0.1, -0.05) is 72.4 Å². The second-order valence-electron chi connectivity index (χ2n) is 8.03. The first-order chi connectivity index (χ1) is 16.5. The maximum absolute atomic E-state index is 12.9. The lowest BCUT2D eigenvalue weighted by molar-refractivity contribution is 0.594. The number of thioether (sulfide) groups is 1. The summed E-state index contributed by atoms with van der Waals surface area (Å²) in [5.74, 6) is 0.703. The number of H-pyrrole nitrogens is 1. The van der Waals surface area contributed by atoms with Gasteiger partial charge in [-0.15, -0.1) is 0 Å². The Hall–Kier alpha value is -3.85. The van der Waals surface area contributed by atoms with Gasteiger partial charge in [-0.3, -0.25) is 13.9 Å². The van der Waals surface area contributed by atoms with Gasteiger partial charge in [-0.25, -0.2) is 14.8 Å². The summed E-state index contributed by atoms with van der Waals surface area (Å²) in [6, 6.07) is 20.2. The van der Waals surface area contributed by atoms with Crippen LogP contribution in [0.25, 0.3) is 33.7 Å². The van der Waals surface area contributed by atoms with Gasteiger partial charge in [0.2, 0.25) is 0 Å². The largest absolute Gasteiger partial charge is 0.332 e. The maximum Gasteiger partial charge on any atom is 0.332 e. The molecule has 0 saturated heterocycles. The molecule has 0 atom stereocenters. The van der Waals surface area contributed by atoms with Crippen LogP contribution in [0.2, 0.25) is 0 Å². The fourth-order valence-corrected chi connectivity index (χ4v) is 4.82. The number of benzene rings is 2. The molecule has 5 rings (SSSR count). The summed E-state index contributed by atoms with van der Waals surface area (Å²) in [7, 11) is 3.40. The van der Waals surface area contributed by atoms with E-state index in [1.807, 2.05) is 48.5 Å². The average Bonchev–Trinajstić information content (AvgIpc) is 3.47. The standard InChI is InChI=1S/C25H24N6O2S/c1-29-16-26-22-21(29)23(32)31(25(33)30(22)2)14-9-15-34-24-27-19(17-10-5-3-6-11-17)20(28-24)18-12-7-4-8-13-18/h3-8,10-13,16H,9,14-15H2,1-2H3,(H,27,28). The van der Waals surface area contributed by atoms with Crippen LogP contribution in [0.5, 0.6) is 0 Å². The number of aromatic nitrogens is 6. The van der Waals surface area contributed by atoms with E-state index in [2.05, 4.69) is 22.1 Å². The highest BCUT2D eigenvalue weighted by Crippen LogP contribution is 2.32. The highest BCUT2D eigenvalue weighted by Gasteiger charge is 2.16. The van der Waals surface area contributed by atoms with Crippen molar-refractivity contribution in [2.75, 3.05) is 5.75 Å². The van der Waals surface area contributed by atoms with E-state index in [1.54, 1.807) is 36.8 Å². The van der Waals surface area contributed by atoms with Gasteiger partial charge in [-0.05, 0) is 6.42 Å². The molecule has 0 radical (unpaired) electrons. The molecule has 8 nitrogen and oxygen atoms in total. The molecular formula is C25H24N6O2S. The Kier molecular flexibility index (Phi) is 5.93. The lowest BCUT2D eigenvalue weighted by Crippen LogP contribution is -2.39. The van der Waals surface area contributed by atoms with Crippen LogP contribution in [0.4, 0.5) is 0 Å². The third-order valence-corrected chi connectivity index (χ3v) is 6.72. The summed E-state index contributed by atoms with van der Waals surface area (Å²) in [5.41, 5.74) is 4.17. The second kappa shape index (κ2) is 9.18. The number of rotatable bonds is 7. The molecule has 0 aliphatic heterocycles. The van der Waals surface area contributed by atoms with Crippen LogP contribution >= 0.6 is 11.8 Å². The summed E-state index contributed by atoms with van der Waals surface area (Å²) >= 11 is 1.58. The van der Waals surface area contributed by atoms with Gasteiger partial charge in [-0.2, -0.15) is 0 Å². The molecule has 0 spiro atoms. The molecule has 0 aliphatic rings. The number of fused-ring (bicyclic) bond motifs is 1. The first kappa shape index (κ1) is 22.0. The van der Waals surface area contributed by atoms with Crippen molar-refractivity contribution in [1.82, 2.24) is 28.7 Å². The van der Waals surface area contributed by atoms with Gasteiger partial charge in [0.25, 0.3) is 5.56 Å². The SMILES string of the molecule is Cn1cnc2c1c(=O)n(CCCSc1nc(-c3ccccc3)c(-c3ccccc3)[nH]1)c(=O)n2C. The molecule has 3 heterocycles. The van der Waals surface area contributed by atoms with E-state index in [1.165, 1.54) is 9.13 Å². The van der Waals surface area contributed by atoms with E-state index in [0.717, 1.165) is 27.7 Å². The van der Waals surface area contributed by atoms with Gasteiger partial charge in [0.1, 0.15) is 0 Å². The van der Waals surface area contributed by atoms with Crippen LogP contribution in [0.15, 0.2) is 81.7 Å². The second-order valence-corrected chi connectivity index (χ2v) is 9.11. The summed E-state index contributed by atoms with van der Waals surface area (Å²) < 4.78 is 4.37. The number of aromatic amines is 1. The Labute approximate surface area is 199 Å². The third-order valence-electron chi connectivity index (χ3n) is 5.76. The van der Waals surface area contributed by atoms with E-state index in [4.69, 9.17) is 4.98 Å². The molecule has 0 amide bonds. The summed E-state index contributed by atoms with van der Waals surface area (Å²) in [5, 5.41) is 0.806. The highest BCUT2D eigenvalue weighted by atomic mass is 32.2. The fraction of sp³-hybridized carbons (Fsp3) is 0.200. The smallest absolute Gasteiger partial charge is 0.332 e. The molecule has 172 valence electrons. The van der Waals surface area contributed by atoms with Crippen LogP contribution in [-0.2, 0) is 20.6 Å². The molecule has 3 aromatic heterocycles. The quantitative estimate of drug-likeness (QED) is 0.288. The Morgan fingerprint density at radius 2 is 1.62 bits per heavy atom. The number of nitrogens with one attached hydrogen (secondary N) is 1. The number of aryl methyl sites for hydroxylation is 2. The molecule has 34 heavy (non-hydrogen) atoms. The van der Waals surface area contributed by atoms with Crippen LogP contribution in [0, 0.1) is 0 Å². The Morgan fingerprint density at radius 1 is 0.941 bits per heavy atom. The van der Waals surface area contributed by atoms with Crippen molar-refractivity contribution in [1.29, 1.82) is 0 Å². The van der Waals surface area contributed by atoms with Crippen molar-refractivity contribution in [2.24, 2.45) is 14.1 Å². The summed E-state index contributed by atoms with van der Waals surface area (Å²) in [6.45, 7) is 0.331. The normalized spacial score (nSPS) is 11.4. The molecule has 9 heteroatoms. The molecule has 0 aliphatic carbocycles. The minimum Gasteiger partial charge on any atom is -0.332 e. The summed E-state index contributed by atoms with van der Waals surface area (Å²) in [4.78, 5) is 38.1. The molecule has 0 fully saturated rings. The van der Waals surface area contributed by atoms with E-state index in [9.17, 15) is 9.59 Å². The van der Waals surface area contributed by atoms with E-state index < -0.39 is 0 Å². The van der Waals surface area contributed by atoms with Gasteiger partial charge >= 0.3 is 5.69 Å². The zero-order chi connectivity index (χ0) is 23.7. The van der Waals surface area contributed by atoms with Crippen molar-refractivity contribution in [3.63, 3.8) is 0 Å². The monoisotopic (exact) mass is 472 g/mol. The van der Waals surface area contributed by atoms with Crippen molar-refractivity contribution >= 4 is 22.9 Å². The minimum absolute atomic E-state index is 0.307. The molecule has 5 aromatic rings. The van der Waals surface area contributed by atoms with Crippen molar-refractivity contribution in [3.8, 4) is 22.5 Å². The number of nitrogens with zero attached hydrogens (tertiary/aromatic N) is 5. The lowest BCUT2D eigenvalue weighted by atomic mass is 10.1. The van der Waals surface area contributed by atoms with E-state index in [-0.39, 0.29) is 11.2 Å². The molecule has 0 bridgehead atoms. The van der Waals surface area contributed by atoms with Crippen LogP contribution in [0.3, 0.4) is 0 Å². The molecule has 2 aromatic carbocycles. The van der Waals surface area contributed by atoms with Gasteiger partial charge < -0.3 is 9.55 Å². The van der Waals surface area contributed by atoms with Crippen LogP contribution < -0.4 is 11.2 Å². The maximum atomic E-state index is 12.9. The Morgan fingerprint density at radius 3 is 2.32 bits per heavy atom. The Balaban J connectivity index is 1.36. The molecule has 0 unspecified atom stereocenters. The van der Waals surface area contributed by atoms with Crippen LogP contribution in [-0.4, -0.2) is 34.4 Å². The zero-order valence-electron chi connectivity index (χ0n) is 18.9. The Bertz CT molecular complexity index is 1510. The van der Waals surface area contributed by atoms with Gasteiger partial charge in [0, 0.05) is 37.5 Å². The predicted molar refractivity (Wildman–Crippen MR) is 135 cm³/mol. The van der Waals surface area contributed by atoms with Crippen LogP contribution in [0.1, 0.15) is 6.42 Å². The molecule has 1 N–H and O–H groups in total. The molecule has 0 saturated carbocycles. The van der Waals surface area contributed by atoms with Gasteiger partial charge in [0.05, 0.1) is 17.7 Å². The van der Waals surface area contributed by atoms with E-state index >= 15 is 0 Å². The highest BCUT2D eigenvalue weighted by molar-refractivity contribution is 7.99. The number of hydrogen-bond acceptors (Lipinski definition) is 5. The lowest BCUT2D eigenvalue weighted by Gasteiger charge is -2.08. The minimum atomic E-state index is -0.350. The topological polar surface area (TPSA) is 90.5 Å². The predicted octanol–water partition coefficient (Wildman–Crippen LogP) is 3.67. The summed E-state index contributed by atoms with van der Waals surface area (Å²) in [6.07, 6.45) is 2.20. The van der Waals surface area contributed by atoms with E-state index in [0.29, 0.717) is 29.9 Å². The van der Waals surface area contributed by atoms with Crippen molar-refractivity contribution in [3.05, 3.63) is 87.8 Å². The average molecular weight is 473 g/mol. The first-order valence-electron chi connectivity index (χ1n) is 11.0. The number of hydrogen-bond donors (Lipinski definition) is 1. The third kappa shape index (κ3) is 3.99. The van der Waals surface area contributed by atoms with Crippen molar-refractivity contribution in [2.45, 2.75) is 18.1 Å². The van der Waals surface area contributed by atoms with Crippen molar-refractivity contribution < 1.29 is 0 Å². The number of imidazole rings is 2. The van der Waals surface area contributed by atoms with Gasteiger partial charge in [0.15, 0.2) is 16.3 Å². The first-order valence-corrected chi connectivity index (χ1v) is 12.0. The molecular weight excluding hydrogens is 448 g/mol.